The van der Waals surface area contributed by atoms with E-state index in [1.807, 2.05) is 26.8 Å². The molecule has 0 bridgehead atoms. The van der Waals surface area contributed by atoms with Crippen molar-refractivity contribution in [3.63, 3.8) is 0 Å². The lowest BCUT2D eigenvalue weighted by atomic mass is 9.77. The van der Waals surface area contributed by atoms with E-state index >= 15 is 0 Å². The summed E-state index contributed by atoms with van der Waals surface area (Å²) in [7, 11) is -0.444. The number of aromatic nitrogens is 2. The quantitative estimate of drug-likeness (QED) is 0.221. The van der Waals surface area contributed by atoms with Crippen molar-refractivity contribution >= 4 is 46.4 Å². The first kappa shape index (κ1) is 32.4. The first-order chi connectivity index (χ1) is 22.8. The molecule has 11 nitrogen and oxygen atoms in total. The van der Waals surface area contributed by atoms with Gasteiger partial charge in [0.1, 0.15) is 24.2 Å². The van der Waals surface area contributed by atoms with Gasteiger partial charge in [-0.3, -0.25) is 4.79 Å². The van der Waals surface area contributed by atoms with E-state index < -0.39 is 36.5 Å². The van der Waals surface area contributed by atoms with Gasteiger partial charge >= 0.3 is 13.2 Å². The summed E-state index contributed by atoms with van der Waals surface area (Å²) in [4.78, 5) is 35.5. The third kappa shape index (κ3) is 5.49. The lowest BCUT2D eigenvalue weighted by molar-refractivity contribution is -0.136. The number of likely N-dealkylation sites (tertiary alicyclic amines) is 1. The molecule has 252 valence electrons. The number of nitrogens with zero attached hydrogens (tertiary/aromatic N) is 2. The van der Waals surface area contributed by atoms with Crippen LogP contribution in [0.4, 0.5) is 4.79 Å². The van der Waals surface area contributed by atoms with Crippen LogP contribution in [-0.2, 0) is 25.4 Å². The normalized spacial score (nSPS) is 21.8. The van der Waals surface area contributed by atoms with Gasteiger partial charge in [-0.25, -0.2) is 9.78 Å². The fourth-order valence-electron chi connectivity index (χ4n) is 7.09. The van der Waals surface area contributed by atoms with Crippen LogP contribution in [0, 0.1) is 5.92 Å². The number of rotatable bonds is 7. The molecule has 2 saturated heterocycles. The van der Waals surface area contributed by atoms with Crippen LogP contribution < -0.4 is 15.5 Å². The van der Waals surface area contributed by atoms with Crippen molar-refractivity contribution in [2.75, 3.05) is 13.2 Å². The number of imidazole rings is 1. The molecule has 1 aromatic heterocycles. The van der Waals surface area contributed by atoms with E-state index in [9.17, 15) is 14.7 Å². The van der Waals surface area contributed by atoms with Crippen LogP contribution in [0.1, 0.15) is 72.3 Å². The first-order valence-electron chi connectivity index (χ1n) is 16.8. The van der Waals surface area contributed by atoms with E-state index in [1.54, 1.807) is 4.90 Å². The minimum absolute atomic E-state index is 0.183. The Bertz CT molecular complexity index is 1910. The molecule has 12 heteroatoms. The molecule has 3 aliphatic heterocycles. The number of hydrogen-bond acceptors (Lipinski definition) is 7. The van der Waals surface area contributed by atoms with Gasteiger partial charge in [0.15, 0.2) is 0 Å². The zero-order valence-corrected chi connectivity index (χ0v) is 28.5. The highest BCUT2D eigenvalue weighted by atomic mass is 16.7. The summed E-state index contributed by atoms with van der Waals surface area (Å²) in [6.07, 6.45) is -0.858. The molecule has 4 heterocycles. The molecule has 2 fully saturated rings. The van der Waals surface area contributed by atoms with Crippen LogP contribution in [-0.4, -0.2) is 75.6 Å². The molecular weight excluding hydrogens is 611 g/mol. The van der Waals surface area contributed by atoms with Gasteiger partial charge in [-0.1, -0.05) is 38.1 Å². The predicted molar refractivity (Wildman–Crippen MR) is 183 cm³/mol. The second kappa shape index (κ2) is 11.8. The Kier molecular flexibility index (Phi) is 7.96. The standard InChI is InChI=1S/C36H43BN4O7/c1-8-45-23-15-28(41(17-23)33(42)30(19(2)3)40-34(43)44)32-38-27-12-9-20-14-26-24-11-10-22(37-47-35(4,5)36(6,7)48-37)13-21(24)18-46-29(26)16-25(20)31(27)39-32/h9-14,16,19,23,28,30,40H,8,15,17-18H2,1-7H3,(H,38,39)(H,43,44)/t23-,28-,30-/m0/s1. The van der Waals surface area contributed by atoms with Gasteiger partial charge in [-0.2, -0.15) is 0 Å². The molecule has 3 aromatic carbocycles. The number of H-pyrrole nitrogens is 1. The van der Waals surface area contributed by atoms with Crippen molar-refractivity contribution < 1.29 is 33.5 Å². The van der Waals surface area contributed by atoms with Crippen molar-refractivity contribution in [3.8, 4) is 16.9 Å². The van der Waals surface area contributed by atoms with Crippen LogP contribution in [0.2, 0.25) is 0 Å². The molecule has 0 spiro atoms. The summed E-state index contributed by atoms with van der Waals surface area (Å²) in [6, 6.07) is 13.3. The van der Waals surface area contributed by atoms with Gasteiger partial charge in [-0.05, 0) is 80.7 Å². The van der Waals surface area contributed by atoms with Gasteiger partial charge in [0.25, 0.3) is 0 Å². The lowest BCUT2D eigenvalue weighted by Crippen LogP contribution is -2.51. The summed E-state index contributed by atoms with van der Waals surface area (Å²) >= 11 is 0. The molecule has 4 aromatic rings. The van der Waals surface area contributed by atoms with Gasteiger partial charge in [0.05, 0.1) is 34.4 Å². The van der Waals surface area contributed by atoms with E-state index in [2.05, 4.69) is 74.4 Å². The molecule has 48 heavy (non-hydrogen) atoms. The van der Waals surface area contributed by atoms with E-state index in [0.717, 1.165) is 49.7 Å². The van der Waals surface area contributed by atoms with Crippen LogP contribution in [0.5, 0.6) is 5.75 Å². The third-order valence-electron chi connectivity index (χ3n) is 10.4. The first-order valence-corrected chi connectivity index (χ1v) is 16.8. The van der Waals surface area contributed by atoms with Crippen LogP contribution in [0.3, 0.4) is 0 Å². The van der Waals surface area contributed by atoms with Crippen molar-refractivity contribution in [1.29, 1.82) is 0 Å². The maximum atomic E-state index is 13.8. The number of aromatic amines is 1. The molecule has 0 unspecified atom stereocenters. The molecule has 3 atom stereocenters. The number of carbonyl (C=O) groups is 2. The van der Waals surface area contributed by atoms with E-state index in [1.165, 1.54) is 0 Å². The van der Waals surface area contributed by atoms with Crippen LogP contribution in [0.25, 0.3) is 32.9 Å². The third-order valence-corrected chi connectivity index (χ3v) is 10.4. The Morgan fingerprint density at radius 3 is 2.54 bits per heavy atom. The number of ether oxygens (including phenoxy) is 2. The zero-order valence-electron chi connectivity index (χ0n) is 28.5. The summed E-state index contributed by atoms with van der Waals surface area (Å²) in [5.41, 5.74) is 4.95. The molecule has 0 aliphatic carbocycles. The zero-order chi connectivity index (χ0) is 34.1. The second-order valence-corrected chi connectivity index (χ2v) is 14.4. The maximum absolute atomic E-state index is 13.8. The number of benzene rings is 3. The van der Waals surface area contributed by atoms with Crippen molar-refractivity contribution in [3.05, 3.63) is 53.9 Å². The number of carbonyl (C=O) groups excluding carboxylic acids is 1. The number of amides is 2. The molecule has 2 amide bonds. The number of fused-ring (bicyclic) bond motifs is 6. The summed E-state index contributed by atoms with van der Waals surface area (Å²) in [5.74, 6) is 0.911. The highest BCUT2D eigenvalue weighted by molar-refractivity contribution is 6.62. The molecule has 3 N–H and O–H groups in total. The highest BCUT2D eigenvalue weighted by Crippen LogP contribution is 2.43. The van der Waals surface area contributed by atoms with E-state index in [0.29, 0.717) is 32.0 Å². The van der Waals surface area contributed by atoms with Gasteiger partial charge < -0.3 is 39.1 Å². The predicted octanol–water partition coefficient (Wildman–Crippen LogP) is 5.55. The Labute approximate surface area is 280 Å². The van der Waals surface area contributed by atoms with E-state index in [4.69, 9.17) is 23.8 Å². The number of nitrogens with one attached hydrogen (secondary N) is 2. The Hall–Kier alpha value is -4.13. The monoisotopic (exact) mass is 654 g/mol. The fourth-order valence-corrected chi connectivity index (χ4v) is 7.09. The maximum Gasteiger partial charge on any atom is 0.494 e. The Balaban J connectivity index is 1.22. The van der Waals surface area contributed by atoms with Crippen molar-refractivity contribution in [2.24, 2.45) is 5.92 Å². The average molecular weight is 655 g/mol. The van der Waals surface area contributed by atoms with Gasteiger partial charge in [0, 0.05) is 30.5 Å². The van der Waals surface area contributed by atoms with Gasteiger partial charge in [-0.15, -0.1) is 0 Å². The minimum atomic E-state index is -1.23. The summed E-state index contributed by atoms with van der Waals surface area (Å²) in [6.45, 7) is 15.1. The molecule has 0 saturated carbocycles. The highest BCUT2D eigenvalue weighted by Gasteiger charge is 2.52. The molecule has 0 radical (unpaired) electrons. The molecule has 3 aliphatic rings. The topological polar surface area (TPSA) is 135 Å². The number of hydrogen-bond donors (Lipinski definition) is 3. The Morgan fingerprint density at radius 1 is 1.10 bits per heavy atom. The largest absolute Gasteiger partial charge is 0.494 e. The molecular formula is C36H43BN4O7. The van der Waals surface area contributed by atoms with Crippen molar-refractivity contribution in [1.82, 2.24) is 20.2 Å². The van der Waals surface area contributed by atoms with Crippen LogP contribution >= 0.6 is 0 Å². The van der Waals surface area contributed by atoms with Crippen molar-refractivity contribution in [2.45, 2.75) is 90.9 Å². The fraction of sp³-hybridized carbons (Fsp3) is 0.472. The van der Waals surface area contributed by atoms with Crippen LogP contribution in [0.15, 0.2) is 42.5 Å². The Morgan fingerprint density at radius 2 is 1.85 bits per heavy atom. The smallest absolute Gasteiger partial charge is 0.488 e. The second-order valence-electron chi connectivity index (χ2n) is 14.4. The van der Waals surface area contributed by atoms with Gasteiger partial charge in [0.2, 0.25) is 5.91 Å². The molecule has 7 rings (SSSR count). The summed E-state index contributed by atoms with van der Waals surface area (Å²) < 4.78 is 24.9. The summed E-state index contributed by atoms with van der Waals surface area (Å²) in [5, 5.41) is 13.8. The SMILES string of the molecule is CCO[C@H]1C[C@@H](c2nc3c(ccc4cc5c(cc43)OCc3cc(B4OC(C)(C)C(C)(C)O4)ccc3-5)[nH]2)N(C(=O)[C@@H](NC(=O)O)C(C)C)C1. The number of carboxylic acid groups (broad SMARTS) is 1. The lowest BCUT2D eigenvalue weighted by Gasteiger charge is -2.32. The minimum Gasteiger partial charge on any atom is -0.488 e. The average Bonchev–Trinajstić information content (AvgIpc) is 3.71. The van der Waals surface area contributed by atoms with E-state index in [-0.39, 0.29) is 17.9 Å².